The number of nitrogen functional groups attached to an aromatic ring is 1. The summed E-state index contributed by atoms with van der Waals surface area (Å²) in [4.78, 5) is 15.1. The van der Waals surface area contributed by atoms with E-state index in [-0.39, 0.29) is 11.9 Å². The molecule has 21 heavy (non-hydrogen) atoms. The first-order chi connectivity index (χ1) is 10.1. The Morgan fingerprint density at radius 3 is 2.76 bits per heavy atom. The summed E-state index contributed by atoms with van der Waals surface area (Å²) in [6.07, 6.45) is 0.334. The number of benzene rings is 1. The monoisotopic (exact) mass is 304 g/mol. The summed E-state index contributed by atoms with van der Waals surface area (Å²) in [5.41, 5.74) is 6.38. The first-order valence-electron chi connectivity index (χ1n) is 6.86. The molecule has 0 aliphatic rings. The largest absolute Gasteiger partial charge is 0.491 e. The van der Waals surface area contributed by atoms with Gasteiger partial charge in [0.1, 0.15) is 5.75 Å². The quantitative estimate of drug-likeness (QED) is 0.833. The van der Waals surface area contributed by atoms with E-state index < -0.39 is 0 Å². The lowest BCUT2D eigenvalue weighted by atomic mass is 10.2. The van der Waals surface area contributed by atoms with Gasteiger partial charge in [-0.15, -0.1) is 11.3 Å². The van der Waals surface area contributed by atoms with Crippen molar-refractivity contribution in [3.05, 3.63) is 46.7 Å². The maximum absolute atomic E-state index is 12.2. The summed E-state index contributed by atoms with van der Waals surface area (Å²) in [6.45, 7) is 2.36. The molecule has 1 atom stereocenters. The van der Waals surface area contributed by atoms with Gasteiger partial charge in [-0.1, -0.05) is 18.2 Å². The molecule has 4 nitrogen and oxygen atoms in total. The topological polar surface area (TPSA) is 55.6 Å². The van der Waals surface area contributed by atoms with Crippen LogP contribution in [0.2, 0.25) is 0 Å². The molecule has 1 aromatic heterocycles. The Morgan fingerprint density at radius 1 is 1.33 bits per heavy atom. The molecule has 0 saturated carbocycles. The van der Waals surface area contributed by atoms with Crippen LogP contribution in [-0.4, -0.2) is 24.5 Å². The lowest BCUT2D eigenvalue weighted by Gasteiger charge is -2.24. The molecule has 0 aliphatic carbocycles. The van der Waals surface area contributed by atoms with Gasteiger partial charge in [-0.3, -0.25) is 4.79 Å². The number of hydrogen-bond donors (Lipinski definition) is 1. The number of thiophene rings is 1. The van der Waals surface area contributed by atoms with E-state index in [1.807, 2.05) is 43.6 Å². The molecule has 112 valence electrons. The summed E-state index contributed by atoms with van der Waals surface area (Å²) < 4.78 is 5.56. The fourth-order valence-corrected chi connectivity index (χ4v) is 2.80. The predicted molar refractivity (Wildman–Crippen MR) is 86.5 cm³/mol. The number of ether oxygens (including phenoxy) is 1. The molecular formula is C16H20N2O2S. The van der Waals surface area contributed by atoms with Crippen LogP contribution < -0.4 is 10.5 Å². The molecule has 0 radical (unpaired) electrons. The third-order valence-electron chi connectivity index (χ3n) is 3.42. The molecule has 0 spiro atoms. The van der Waals surface area contributed by atoms with Gasteiger partial charge in [-0.25, -0.2) is 0 Å². The van der Waals surface area contributed by atoms with Gasteiger partial charge in [0.05, 0.1) is 24.8 Å². The third kappa shape index (κ3) is 3.98. The van der Waals surface area contributed by atoms with Crippen LogP contribution in [0.15, 0.2) is 41.8 Å². The maximum Gasteiger partial charge on any atom is 0.226 e. The van der Waals surface area contributed by atoms with E-state index in [0.717, 1.165) is 0 Å². The fraction of sp³-hybridized carbons (Fsp3) is 0.312. The molecule has 2 N–H and O–H groups in total. The molecular weight excluding hydrogens is 284 g/mol. The molecule has 5 heteroatoms. The van der Waals surface area contributed by atoms with E-state index in [4.69, 9.17) is 10.5 Å². The molecule has 1 amide bonds. The number of para-hydroxylation sites is 2. The molecule has 0 fully saturated rings. The van der Waals surface area contributed by atoms with Crippen molar-refractivity contribution in [1.82, 2.24) is 4.90 Å². The van der Waals surface area contributed by atoms with Crippen molar-refractivity contribution < 1.29 is 9.53 Å². The highest BCUT2D eigenvalue weighted by atomic mass is 32.1. The summed E-state index contributed by atoms with van der Waals surface area (Å²) in [5.74, 6) is 0.685. The number of carbonyl (C=O) groups is 1. The maximum atomic E-state index is 12.2. The zero-order valence-electron chi connectivity index (χ0n) is 12.3. The number of amides is 1. The van der Waals surface area contributed by atoms with Crippen molar-refractivity contribution in [2.24, 2.45) is 0 Å². The lowest BCUT2D eigenvalue weighted by Crippen LogP contribution is -2.30. The summed E-state index contributed by atoms with van der Waals surface area (Å²) in [6, 6.07) is 11.4. The van der Waals surface area contributed by atoms with Crippen LogP contribution in [-0.2, 0) is 4.79 Å². The average molecular weight is 304 g/mol. The number of nitrogens with two attached hydrogens (primary N) is 1. The zero-order chi connectivity index (χ0) is 15.2. The van der Waals surface area contributed by atoms with Crippen molar-refractivity contribution in [1.29, 1.82) is 0 Å². The molecule has 2 aromatic rings. The van der Waals surface area contributed by atoms with Gasteiger partial charge in [0.15, 0.2) is 0 Å². The normalized spacial score (nSPS) is 11.9. The highest BCUT2D eigenvalue weighted by Crippen LogP contribution is 2.24. The minimum atomic E-state index is 0.0606. The molecule has 1 aromatic carbocycles. The average Bonchev–Trinajstić information content (AvgIpc) is 3.01. The number of carbonyl (C=O) groups excluding carboxylic acids is 1. The molecule has 0 bridgehead atoms. The van der Waals surface area contributed by atoms with E-state index in [2.05, 4.69) is 0 Å². The summed E-state index contributed by atoms with van der Waals surface area (Å²) in [5, 5.41) is 2.02. The molecule has 0 saturated heterocycles. The van der Waals surface area contributed by atoms with Gasteiger partial charge >= 0.3 is 0 Å². The van der Waals surface area contributed by atoms with Crippen molar-refractivity contribution in [2.45, 2.75) is 19.4 Å². The van der Waals surface area contributed by atoms with Crippen molar-refractivity contribution in [3.8, 4) is 5.75 Å². The van der Waals surface area contributed by atoms with Crippen LogP contribution >= 0.6 is 11.3 Å². The lowest BCUT2D eigenvalue weighted by molar-refractivity contribution is -0.132. The highest BCUT2D eigenvalue weighted by Gasteiger charge is 2.17. The van der Waals surface area contributed by atoms with E-state index >= 15 is 0 Å². The highest BCUT2D eigenvalue weighted by molar-refractivity contribution is 7.10. The van der Waals surface area contributed by atoms with Crippen molar-refractivity contribution in [2.75, 3.05) is 19.4 Å². The van der Waals surface area contributed by atoms with E-state index in [1.54, 1.807) is 28.4 Å². The van der Waals surface area contributed by atoms with Crippen LogP contribution in [0.4, 0.5) is 5.69 Å². The Bertz CT molecular complexity index is 584. The van der Waals surface area contributed by atoms with Crippen LogP contribution in [0.3, 0.4) is 0 Å². The van der Waals surface area contributed by atoms with E-state index in [1.165, 1.54) is 4.88 Å². The minimum Gasteiger partial charge on any atom is -0.491 e. The second-order valence-corrected chi connectivity index (χ2v) is 5.81. The van der Waals surface area contributed by atoms with Crippen molar-refractivity contribution in [3.63, 3.8) is 0 Å². The third-order valence-corrected chi connectivity index (χ3v) is 4.46. The van der Waals surface area contributed by atoms with E-state index in [9.17, 15) is 4.79 Å². The fourth-order valence-electron chi connectivity index (χ4n) is 1.97. The first kappa shape index (κ1) is 15.4. The van der Waals surface area contributed by atoms with Crippen LogP contribution in [0, 0.1) is 0 Å². The number of anilines is 1. The zero-order valence-corrected chi connectivity index (χ0v) is 13.1. The van der Waals surface area contributed by atoms with Gasteiger partial charge in [0, 0.05) is 11.9 Å². The number of hydrogen-bond acceptors (Lipinski definition) is 4. The first-order valence-corrected chi connectivity index (χ1v) is 7.74. The molecule has 1 unspecified atom stereocenters. The second kappa shape index (κ2) is 7.13. The Labute approximate surface area is 129 Å². The SMILES string of the molecule is CC(c1cccs1)N(C)C(=O)CCOc1ccccc1N. The van der Waals surface area contributed by atoms with Crippen LogP contribution in [0.1, 0.15) is 24.3 Å². The summed E-state index contributed by atoms with van der Waals surface area (Å²) >= 11 is 1.66. The van der Waals surface area contributed by atoms with Gasteiger partial charge in [0.25, 0.3) is 0 Å². The predicted octanol–water partition coefficient (Wildman–Crippen LogP) is 3.32. The van der Waals surface area contributed by atoms with E-state index in [0.29, 0.717) is 24.5 Å². The number of rotatable bonds is 6. The molecule has 2 rings (SSSR count). The van der Waals surface area contributed by atoms with Gasteiger partial charge in [-0.2, -0.15) is 0 Å². The summed E-state index contributed by atoms with van der Waals surface area (Å²) in [7, 11) is 1.82. The second-order valence-electron chi connectivity index (χ2n) is 4.83. The molecule has 1 heterocycles. The molecule has 0 aliphatic heterocycles. The Hall–Kier alpha value is -2.01. The van der Waals surface area contributed by atoms with Crippen LogP contribution in [0.5, 0.6) is 5.75 Å². The Morgan fingerprint density at radius 2 is 2.10 bits per heavy atom. The standard InChI is InChI=1S/C16H20N2O2S/c1-12(15-8-5-11-21-15)18(2)16(19)9-10-20-14-7-4-3-6-13(14)17/h3-8,11-12H,9-10,17H2,1-2H3. The van der Waals surface area contributed by atoms with Gasteiger partial charge in [0.2, 0.25) is 5.91 Å². The minimum absolute atomic E-state index is 0.0606. The Balaban J connectivity index is 1.83. The van der Waals surface area contributed by atoms with Crippen molar-refractivity contribution >= 4 is 22.9 Å². The number of nitrogens with zero attached hydrogens (tertiary/aromatic N) is 1. The smallest absolute Gasteiger partial charge is 0.226 e. The van der Waals surface area contributed by atoms with Gasteiger partial charge in [-0.05, 0) is 30.5 Å². The van der Waals surface area contributed by atoms with Gasteiger partial charge < -0.3 is 15.4 Å². The van der Waals surface area contributed by atoms with Crippen LogP contribution in [0.25, 0.3) is 0 Å². The Kier molecular flexibility index (Phi) is 5.22.